The van der Waals surface area contributed by atoms with Crippen molar-refractivity contribution in [2.24, 2.45) is 34.5 Å². The minimum atomic E-state index is -1.33. The topological polar surface area (TPSA) is 34.1 Å². The molecule has 0 saturated heterocycles. The number of rotatable bonds is 0. The summed E-state index contributed by atoms with van der Waals surface area (Å²) < 4.78 is 14.3. The van der Waals surface area contributed by atoms with Gasteiger partial charge >= 0.3 is 0 Å². The molecule has 4 aliphatic rings. The number of Topliss-reactive ketones (excluding diaryl/α,β-unsaturated/α-hetero) is 1. The Morgan fingerprint density at radius 3 is 2.64 bits per heavy atom. The molecule has 25 heavy (non-hydrogen) atoms. The monoisotopic (exact) mass is 360 g/mol. The highest BCUT2D eigenvalue weighted by Crippen LogP contribution is 2.66. The Kier molecular flexibility index (Phi) is 3.58. The maximum Gasteiger partial charge on any atom is 0.191 e. The standard InChI is InChI=1S/C21H25FO2S/c1-10-11(2)17-18(25)15(23)6-8-20(17,3)12-5-7-21(4)13(16(10)12)9-14(22)19(21)24/h6,8,10,12-14,16,25H,2,5,7,9H2,1,3-4H3/t10-,12+,13+,14-,16-,20-,21+/m1/s1. The van der Waals surface area contributed by atoms with E-state index < -0.39 is 11.6 Å². The Morgan fingerprint density at radius 1 is 1.28 bits per heavy atom. The quantitative estimate of drug-likeness (QED) is 0.646. The van der Waals surface area contributed by atoms with Crippen LogP contribution in [0.2, 0.25) is 0 Å². The molecule has 4 aliphatic carbocycles. The van der Waals surface area contributed by atoms with Crippen LogP contribution >= 0.6 is 12.6 Å². The Balaban J connectivity index is 1.85. The molecule has 3 fully saturated rings. The second-order valence-electron chi connectivity index (χ2n) is 8.83. The third-order valence-electron chi connectivity index (χ3n) is 7.84. The van der Waals surface area contributed by atoms with E-state index in [2.05, 4.69) is 33.1 Å². The number of fused-ring (bicyclic) bond motifs is 5. The molecule has 0 N–H and O–H groups in total. The summed E-state index contributed by atoms with van der Waals surface area (Å²) in [5.74, 6) is 0.396. The van der Waals surface area contributed by atoms with Crippen molar-refractivity contribution in [3.05, 3.63) is 34.8 Å². The molecule has 0 amide bonds. The van der Waals surface area contributed by atoms with E-state index in [9.17, 15) is 14.0 Å². The molecule has 4 heteroatoms. The van der Waals surface area contributed by atoms with Crippen molar-refractivity contribution >= 4 is 24.2 Å². The van der Waals surface area contributed by atoms with Crippen LogP contribution in [0.4, 0.5) is 4.39 Å². The number of carbonyl (C=O) groups excluding carboxylic acids is 2. The van der Waals surface area contributed by atoms with Gasteiger partial charge in [0.15, 0.2) is 17.7 Å². The summed E-state index contributed by atoms with van der Waals surface area (Å²) in [6.07, 6.45) is 4.22. The van der Waals surface area contributed by atoms with Crippen molar-refractivity contribution in [1.82, 2.24) is 0 Å². The molecular weight excluding hydrogens is 335 g/mol. The molecule has 7 atom stereocenters. The molecule has 0 radical (unpaired) electrons. The van der Waals surface area contributed by atoms with Gasteiger partial charge in [0.1, 0.15) is 0 Å². The highest BCUT2D eigenvalue weighted by Gasteiger charge is 2.63. The molecule has 134 valence electrons. The van der Waals surface area contributed by atoms with Crippen molar-refractivity contribution in [3.63, 3.8) is 0 Å². The summed E-state index contributed by atoms with van der Waals surface area (Å²) in [5, 5.41) is 0. The number of thiol groups is 1. The molecule has 0 bridgehead atoms. The lowest BCUT2D eigenvalue weighted by molar-refractivity contribution is -0.135. The molecule has 0 aromatic rings. The van der Waals surface area contributed by atoms with Crippen LogP contribution in [-0.4, -0.2) is 17.7 Å². The van der Waals surface area contributed by atoms with Gasteiger partial charge in [0, 0.05) is 10.8 Å². The molecule has 0 unspecified atom stereocenters. The first kappa shape index (κ1) is 17.3. The summed E-state index contributed by atoms with van der Waals surface area (Å²) in [4.78, 5) is 25.2. The zero-order valence-electron chi connectivity index (χ0n) is 15.0. The summed E-state index contributed by atoms with van der Waals surface area (Å²) in [7, 11) is 0. The average molecular weight is 360 g/mol. The van der Waals surface area contributed by atoms with E-state index in [1.165, 1.54) is 0 Å². The second kappa shape index (κ2) is 5.18. The fourth-order valence-electron chi connectivity index (χ4n) is 6.40. The normalized spacial score (nSPS) is 49.2. The number of allylic oxidation sites excluding steroid dienone is 5. The van der Waals surface area contributed by atoms with E-state index in [-0.39, 0.29) is 40.7 Å². The lowest BCUT2D eigenvalue weighted by Crippen LogP contribution is -2.53. The van der Waals surface area contributed by atoms with E-state index in [0.29, 0.717) is 11.3 Å². The summed E-state index contributed by atoms with van der Waals surface area (Å²) in [6.45, 7) is 10.5. The van der Waals surface area contributed by atoms with Crippen molar-refractivity contribution in [3.8, 4) is 0 Å². The number of ketones is 2. The molecule has 0 heterocycles. The van der Waals surface area contributed by atoms with Crippen LogP contribution in [0.15, 0.2) is 34.8 Å². The maximum atomic E-state index is 14.3. The average Bonchev–Trinajstić information content (AvgIpc) is 2.80. The number of carbonyl (C=O) groups is 2. The smallest absolute Gasteiger partial charge is 0.191 e. The Bertz CT molecular complexity index is 766. The lowest BCUT2D eigenvalue weighted by atomic mass is 9.45. The minimum absolute atomic E-state index is 0.0493. The van der Waals surface area contributed by atoms with Crippen LogP contribution in [0.1, 0.15) is 40.0 Å². The Hall–Kier alpha value is -1.16. The van der Waals surface area contributed by atoms with Crippen molar-refractivity contribution in [1.29, 1.82) is 0 Å². The van der Waals surface area contributed by atoms with Crippen LogP contribution in [0.3, 0.4) is 0 Å². The molecular formula is C21H25FO2S. The molecule has 4 rings (SSSR count). The molecule has 2 nitrogen and oxygen atoms in total. The van der Waals surface area contributed by atoms with Gasteiger partial charge in [-0.2, -0.15) is 0 Å². The predicted octanol–water partition coefficient (Wildman–Crippen LogP) is 4.48. The molecule has 3 saturated carbocycles. The Labute approximate surface area is 154 Å². The largest absolute Gasteiger partial charge is 0.296 e. The highest BCUT2D eigenvalue weighted by molar-refractivity contribution is 7.85. The summed E-state index contributed by atoms with van der Waals surface area (Å²) in [6, 6.07) is 0. The first-order valence-corrected chi connectivity index (χ1v) is 9.62. The van der Waals surface area contributed by atoms with Gasteiger partial charge in [-0.05, 0) is 60.2 Å². The van der Waals surface area contributed by atoms with E-state index in [4.69, 9.17) is 0 Å². The third-order valence-corrected chi connectivity index (χ3v) is 8.28. The lowest BCUT2D eigenvalue weighted by Gasteiger charge is -2.58. The zero-order valence-corrected chi connectivity index (χ0v) is 15.9. The number of hydrogen-bond acceptors (Lipinski definition) is 3. The molecule has 0 spiro atoms. The van der Waals surface area contributed by atoms with Gasteiger partial charge in [-0.1, -0.05) is 33.4 Å². The zero-order chi connectivity index (χ0) is 18.3. The van der Waals surface area contributed by atoms with E-state index in [1.807, 2.05) is 13.0 Å². The predicted molar refractivity (Wildman–Crippen MR) is 98.9 cm³/mol. The highest BCUT2D eigenvalue weighted by atomic mass is 32.1. The summed E-state index contributed by atoms with van der Waals surface area (Å²) >= 11 is 4.51. The van der Waals surface area contributed by atoms with Gasteiger partial charge in [0.2, 0.25) is 0 Å². The maximum absolute atomic E-state index is 14.3. The third kappa shape index (κ3) is 1.98. The number of halogens is 1. The number of hydrogen-bond donors (Lipinski definition) is 1. The van der Waals surface area contributed by atoms with Crippen molar-refractivity contribution < 1.29 is 14.0 Å². The van der Waals surface area contributed by atoms with E-state index >= 15 is 0 Å². The summed E-state index contributed by atoms with van der Waals surface area (Å²) in [5.41, 5.74) is 1.04. The SMILES string of the molecule is C=C1C2=C(S)C(=O)C=C[C@]2(C)[C@H]2CC[C@]3(C)C(=O)[C@H](F)C[C@H]3[C@@H]2[C@@H]1C. The molecule has 0 aromatic carbocycles. The van der Waals surface area contributed by atoms with Gasteiger partial charge in [-0.15, -0.1) is 12.6 Å². The van der Waals surface area contributed by atoms with E-state index in [0.717, 1.165) is 24.0 Å². The van der Waals surface area contributed by atoms with Gasteiger partial charge in [0.05, 0.1) is 4.91 Å². The van der Waals surface area contributed by atoms with Crippen LogP contribution in [0.25, 0.3) is 0 Å². The first-order valence-electron chi connectivity index (χ1n) is 9.17. The van der Waals surface area contributed by atoms with Gasteiger partial charge in [-0.3, -0.25) is 9.59 Å². The first-order chi connectivity index (χ1) is 11.6. The van der Waals surface area contributed by atoms with Gasteiger partial charge in [0.25, 0.3) is 0 Å². The number of alkyl halides is 1. The molecule has 0 aliphatic heterocycles. The second-order valence-corrected chi connectivity index (χ2v) is 9.28. The van der Waals surface area contributed by atoms with Crippen molar-refractivity contribution in [2.45, 2.75) is 46.2 Å². The van der Waals surface area contributed by atoms with Crippen LogP contribution in [0.5, 0.6) is 0 Å². The fourth-order valence-corrected chi connectivity index (χ4v) is 6.86. The Morgan fingerprint density at radius 2 is 1.96 bits per heavy atom. The van der Waals surface area contributed by atoms with E-state index in [1.54, 1.807) is 6.08 Å². The van der Waals surface area contributed by atoms with Crippen LogP contribution in [0, 0.1) is 34.5 Å². The fraction of sp³-hybridized carbons (Fsp3) is 0.619. The van der Waals surface area contributed by atoms with Crippen LogP contribution in [-0.2, 0) is 9.59 Å². The van der Waals surface area contributed by atoms with Crippen molar-refractivity contribution in [2.75, 3.05) is 0 Å². The van der Waals surface area contributed by atoms with Gasteiger partial charge < -0.3 is 0 Å². The van der Waals surface area contributed by atoms with Crippen LogP contribution < -0.4 is 0 Å². The minimum Gasteiger partial charge on any atom is -0.296 e. The van der Waals surface area contributed by atoms with Gasteiger partial charge in [-0.25, -0.2) is 4.39 Å². The molecule has 0 aromatic heterocycles.